The maximum absolute atomic E-state index is 4.37. The van der Waals surface area contributed by atoms with Crippen molar-refractivity contribution < 1.29 is 0 Å². The first-order valence-corrected chi connectivity index (χ1v) is 7.51. The highest BCUT2D eigenvalue weighted by atomic mass is 32.2. The van der Waals surface area contributed by atoms with Gasteiger partial charge in [-0.1, -0.05) is 44.7 Å². The molecule has 1 aromatic heterocycles. The van der Waals surface area contributed by atoms with E-state index in [9.17, 15) is 0 Å². The van der Waals surface area contributed by atoms with Gasteiger partial charge in [-0.3, -0.25) is 0 Å². The summed E-state index contributed by atoms with van der Waals surface area (Å²) in [4.78, 5) is 9.77. The Morgan fingerprint density at radius 2 is 1.70 bits per heavy atom. The molecular weight excluding hydrogens is 266 g/mol. The highest BCUT2D eigenvalue weighted by Crippen LogP contribution is 2.32. The number of aromatic nitrogens is 2. The van der Waals surface area contributed by atoms with Gasteiger partial charge in [-0.2, -0.15) is 0 Å². The fourth-order valence-corrected chi connectivity index (χ4v) is 2.77. The van der Waals surface area contributed by atoms with Gasteiger partial charge in [-0.25, -0.2) is 9.97 Å². The van der Waals surface area contributed by atoms with Crippen molar-refractivity contribution in [3.63, 3.8) is 0 Å². The highest BCUT2D eigenvalue weighted by molar-refractivity contribution is 7.99. The number of nitrogens with one attached hydrogen (secondary N) is 1. The molecule has 2 rings (SSSR count). The summed E-state index contributed by atoms with van der Waals surface area (Å²) in [5, 5.41) is 4.08. The molecule has 0 radical (unpaired) electrons. The zero-order valence-corrected chi connectivity index (χ0v) is 13.5. The van der Waals surface area contributed by atoms with Crippen LogP contribution in [0.25, 0.3) is 0 Å². The minimum atomic E-state index is 0.188. The molecule has 0 unspecified atom stereocenters. The molecule has 0 amide bonds. The van der Waals surface area contributed by atoms with Crippen molar-refractivity contribution in [3.8, 4) is 0 Å². The maximum atomic E-state index is 4.37. The molecule has 0 atom stereocenters. The van der Waals surface area contributed by atoms with Crippen LogP contribution in [0.3, 0.4) is 0 Å². The van der Waals surface area contributed by atoms with Gasteiger partial charge in [-0.05, 0) is 30.0 Å². The summed E-state index contributed by atoms with van der Waals surface area (Å²) in [6.45, 7) is 8.71. The van der Waals surface area contributed by atoms with E-state index in [-0.39, 0.29) is 5.41 Å². The molecular formula is C16H21N3S. The van der Waals surface area contributed by atoms with Crippen LogP contribution >= 0.6 is 11.8 Å². The Labute approximate surface area is 125 Å². The molecule has 0 spiro atoms. The lowest BCUT2D eigenvalue weighted by atomic mass is 9.87. The van der Waals surface area contributed by atoms with Crippen LogP contribution in [0.15, 0.2) is 40.5 Å². The maximum Gasteiger partial charge on any atom is 0.133 e. The lowest BCUT2D eigenvalue weighted by Crippen LogP contribution is -2.10. The molecule has 0 saturated carbocycles. The second-order valence-electron chi connectivity index (χ2n) is 5.78. The normalized spacial score (nSPS) is 11.4. The third-order valence-corrected chi connectivity index (χ3v) is 4.32. The molecule has 1 N–H and O–H groups in total. The summed E-state index contributed by atoms with van der Waals surface area (Å²) in [6, 6.07) is 8.70. The number of nitrogens with zero attached hydrogens (tertiary/aromatic N) is 2. The van der Waals surface area contributed by atoms with Crippen molar-refractivity contribution >= 4 is 17.6 Å². The smallest absolute Gasteiger partial charge is 0.133 e. The Morgan fingerprint density at radius 1 is 1.05 bits per heavy atom. The fraction of sp³-hybridized carbons (Fsp3) is 0.375. The van der Waals surface area contributed by atoms with E-state index in [1.165, 1.54) is 10.5 Å². The molecule has 0 aliphatic carbocycles. The fourth-order valence-electron chi connectivity index (χ4n) is 1.92. The van der Waals surface area contributed by atoms with E-state index in [1.807, 2.05) is 14.0 Å². The van der Waals surface area contributed by atoms with Gasteiger partial charge < -0.3 is 5.32 Å². The van der Waals surface area contributed by atoms with E-state index in [0.29, 0.717) is 0 Å². The lowest BCUT2D eigenvalue weighted by Gasteiger charge is -2.19. The third kappa shape index (κ3) is 3.31. The van der Waals surface area contributed by atoms with Crippen LogP contribution in [0.5, 0.6) is 0 Å². The second kappa shape index (κ2) is 5.83. The van der Waals surface area contributed by atoms with Crippen molar-refractivity contribution in [2.24, 2.45) is 0 Å². The van der Waals surface area contributed by atoms with Gasteiger partial charge in [0, 0.05) is 17.5 Å². The molecule has 20 heavy (non-hydrogen) atoms. The van der Waals surface area contributed by atoms with E-state index in [1.54, 1.807) is 18.1 Å². The Kier molecular flexibility index (Phi) is 4.33. The first kappa shape index (κ1) is 14.9. The molecule has 0 saturated heterocycles. The lowest BCUT2D eigenvalue weighted by molar-refractivity contribution is 0.590. The first-order valence-electron chi connectivity index (χ1n) is 6.69. The molecule has 106 valence electrons. The van der Waals surface area contributed by atoms with Crippen LogP contribution in [-0.2, 0) is 5.41 Å². The number of anilines is 1. The molecule has 3 nitrogen and oxygen atoms in total. The number of rotatable bonds is 3. The number of benzene rings is 1. The Bertz CT molecular complexity index is 586. The minimum Gasteiger partial charge on any atom is -0.373 e. The van der Waals surface area contributed by atoms with Crippen LogP contribution in [0, 0.1) is 6.92 Å². The molecule has 4 heteroatoms. The summed E-state index contributed by atoms with van der Waals surface area (Å²) < 4.78 is 0. The Balaban J connectivity index is 2.23. The van der Waals surface area contributed by atoms with E-state index >= 15 is 0 Å². The van der Waals surface area contributed by atoms with Crippen molar-refractivity contribution in [1.29, 1.82) is 0 Å². The van der Waals surface area contributed by atoms with Crippen LogP contribution in [0.1, 0.15) is 31.9 Å². The van der Waals surface area contributed by atoms with Crippen LogP contribution in [0.4, 0.5) is 5.82 Å². The number of hydrogen-bond acceptors (Lipinski definition) is 4. The van der Waals surface area contributed by atoms with Gasteiger partial charge in [0.2, 0.25) is 0 Å². The first-order chi connectivity index (χ1) is 9.41. The molecule has 1 heterocycles. The van der Waals surface area contributed by atoms with Crippen LogP contribution in [-0.4, -0.2) is 17.0 Å². The predicted octanol–water partition coefficient (Wildman–Crippen LogP) is 4.28. The average molecular weight is 287 g/mol. The zero-order chi connectivity index (χ0) is 14.8. The van der Waals surface area contributed by atoms with Gasteiger partial charge in [0.15, 0.2) is 0 Å². The van der Waals surface area contributed by atoms with Crippen molar-refractivity contribution in [1.82, 2.24) is 9.97 Å². The molecule has 0 aliphatic heterocycles. The van der Waals surface area contributed by atoms with Crippen molar-refractivity contribution in [2.75, 3.05) is 12.4 Å². The van der Waals surface area contributed by atoms with Gasteiger partial charge in [-0.15, -0.1) is 0 Å². The number of hydrogen-bond donors (Lipinski definition) is 1. The van der Waals surface area contributed by atoms with Crippen LogP contribution in [0.2, 0.25) is 0 Å². The monoisotopic (exact) mass is 287 g/mol. The predicted molar refractivity (Wildman–Crippen MR) is 85.6 cm³/mol. The van der Waals surface area contributed by atoms with E-state index in [4.69, 9.17) is 0 Å². The summed E-state index contributed by atoms with van der Waals surface area (Å²) in [5.74, 6) is 0.883. The van der Waals surface area contributed by atoms with Gasteiger partial charge in [0.1, 0.15) is 17.2 Å². The summed E-state index contributed by atoms with van der Waals surface area (Å²) in [7, 11) is 1.88. The van der Waals surface area contributed by atoms with E-state index < -0.39 is 0 Å². The summed E-state index contributed by atoms with van der Waals surface area (Å²) in [5.41, 5.74) is 2.62. The molecule has 0 fully saturated rings. The standard InChI is InChI=1S/C16H21N3S/c1-11-14(17-5)18-10-19-15(11)20-13-8-6-12(7-9-13)16(2,3)4/h6-10H,1-5H3,(H,17,18,19). The minimum absolute atomic E-state index is 0.188. The summed E-state index contributed by atoms with van der Waals surface area (Å²) in [6.07, 6.45) is 1.60. The summed E-state index contributed by atoms with van der Waals surface area (Å²) >= 11 is 1.67. The highest BCUT2D eigenvalue weighted by Gasteiger charge is 2.13. The third-order valence-electron chi connectivity index (χ3n) is 3.21. The van der Waals surface area contributed by atoms with Crippen molar-refractivity contribution in [3.05, 3.63) is 41.7 Å². The Hall–Kier alpha value is -1.55. The van der Waals surface area contributed by atoms with Gasteiger partial charge >= 0.3 is 0 Å². The molecule has 0 aliphatic rings. The molecule has 1 aromatic carbocycles. The quantitative estimate of drug-likeness (QED) is 0.855. The van der Waals surface area contributed by atoms with E-state index in [0.717, 1.165) is 16.4 Å². The zero-order valence-electron chi connectivity index (χ0n) is 12.7. The molecule has 2 aromatic rings. The largest absolute Gasteiger partial charge is 0.373 e. The molecule has 0 bridgehead atoms. The van der Waals surface area contributed by atoms with Gasteiger partial charge in [0.25, 0.3) is 0 Å². The average Bonchev–Trinajstić information content (AvgIpc) is 2.41. The van der Waals surface area contributed by atoms with Gasteiger partial charge in [0.05, 0.1) is 0 Å². The second-order valence-corrected chi connectivity index (χ2v) is 6.84. The SMILES string of the molecule is CNc1ncnc(Sc2ccc(C(C)(C)C)cc2)c1C. The van der Waals surface area contributed by atoms with Crippen LogP contribution < -0.4 is 5.32 Å². The van der Waals surface area contributed by atoms with E-state index in [2.05, 4.69) is 60.3 Å². The van der Waals surface area contributed by atoms with Crippen molar-refractivity contribution in [2.45, 2.75) is 43.0 Å². The Morgan fingerprint density at radius 3 is 2.25 bits per heavy atom. The topological polar surface area (TPSA) is 37.8 Å².